The summed E-state index contributed by atoms with van der Waals surface area (Å²) >= 11 is 0. The second-order valence-electron chi connectivity index (χ2n) is 4.28. The SMILES string of the molecule is COc1ccc2cccc(CCN=C(C)N)c2c1. The summed E-state index contributed by atoms with van der Waals surface area (Å²) in [6, 6.07) is 12.4. The highest BCUT2D eigenvalue weighted by atomic mass is 16.5. The van der Waals surface area contributed by atoms with Crippen LogP contribution in [0, 0.1) is 0 Å². The molecule has 0 aromatic heterocycles. The van der Waals surface area contributed by atoms with Crippen LogP contribution in [0.25, 0.3) is 10.8 Å². The molecule has 0 unspecified atom stereocenters. The Bertz CT molecular complexity index is 572. The first kappa shape index (κ1) is 12.4. The molecule has 94 valence electrons. The first-order valence-corrected chi connectivity index (χ1v) is 6.03. The smallest absolute Gasteiger partial charge is 0.119 e. The van der Waals surface area contributed by atoms with Crippen molar-refractivity contribution in [1.29, 1.82) is 0 Å². The fraction of sp³-hybridized carbons (Fsp3) is 0.267. The summed E-state index contributed by atoms with van der Waals surface area (Å²) in [6.45, 7) is 2.53. The Balaban J connectivity index is 2.34. The van der Waals surface area contributed by atoms with Crippen molar-refractivity contribution in [2.24, 2.45) is 10.7 Å². The number of methoxy groups -OCH3 is 1. The predicted molar refractivity (Wildman–Crippen MR) is 76.4 cm³/mol. The molecule has 0 spiro atoms. The molecule has 0 radical (unpaired) electrons. The highest BCUT2D eigenvalue weighted by Crippen LogP contribution is 2.24. The minimum Gasteiger partial charge on any atom is -0.497 e. The van der Waals surface area contributed by atoms with Crippen molar-refractivity contribution < 1.29 is 4.74 Å². The lowest BCUT2D eigenvalue weighted by molar-refractivity contribution is 0.415. The maximum atomic E-state index is 5.54. The van der Waals surface area contributed by atoms with Gasteiger partial charge in [-0.05, 0) is 41.8 Å². The van der Waals surface area contributed by atoms with E-state index in [1.165, 1.54) is 16.3 Å². The maximum Gasteiger partial charge on any atom is 0.119 e. The van der Waals surface area contributed by atoms with Gasteiger partial charge in [0.1, 0.15) is 5.75 Å². The van der Waals surface area contributed by atoms with E-state index in [0.717, 1.165) is 18.7 Å². The molecule has 0 saturated carbocycles. The average Bonchev–Trinajstić information content (AvgIpc) is 2.38. The second kappa shape index (κ2) is 5.54. The Hall–Kier alpha value is -2.03. The average molecular weight is 242 g/mol. The monoisotopic (exact) mass is 242 g/mol. The molecular formula is C15H18N2O. The van der Waals surface area contributed by atoms with Crippen LogP contribution in [0.4, 0.5) is 0 Å². The zero-order valence-corrected chi connectivity index (χ0v) is 10.8. The standard InChI is InChI=1S/C15H18N2O/c1-11(16)17-9-8-13-5-3-4-12-6-7-14(18-2)10-15(12)13/h3-7,10H,8-9H2,1-2H3,(H2,16,17). The summed E-state index contributed by atoms with van der Waals surface area (Å²) in [5.41, 5.74) is 6.82. The van der Waals surface area contributed by atoms with Crippen LogP contribution in [-0.2, 0) is 6.42 Å². The summed E-state index contributed by atoms with van der Waals surface area (Å²) in [6.07, 6.45) is 0.888. The zero-order valence-electron chi connectivity index (χ0n) is 10.8. The van der Waals surface area contributed by atoms with Crippen molar-refractivity contribution in [1.82, 2.24) is 0 Å². The van der Waals surface area contributed by atoms with E-state index in [1.807, 2.05) is 13.0 Å². The van der Waals surface area contributed by atoms with Gasteiger partial charge in [0.15, 0.2) is 0 Å². The Kier molecular flexibility index (Phi) is 3.82. The van der Waals surface area contributed by atoms with Crippen LogP contribution in [0.2, 0.25) is 0 Å². The summed E-state index contributed by atoms with van der Waals surface area (Å²) in [5, 5.41) is 2.45. The molecule has 0 aliphatic heterocycles. The van der Waals surface area contributed by atoms with Crippen LogP contribution in [0.5, 0.6) is 5.75 Å². The van der Waals surface area contributed by atoms with Gasteiger partial charge >= 0.3 is 0 Å². The van der Waals surface area contributed by atoms with Crippen LogP contribution in [-0.4, -0.2) is 19.5 Å². The number of hydrogen-bond acceptors (Lipinski definition) is 2. The van der Waals surface area contributed by atoms with Gasteiger partial charge in [-0.25, -0.2) is 0 Å². The number of hydrogen-bond donors (Lipinski definition) is 1. The molecule has 0 heterocycles. The number of aliphatic imine (C=N–C) groups is 1. The van der Waals surface area contributed by atoms with E-state index in [-0.39, 0.29) is 0 Å². The lowest BCUT2D eigenvalue weighted by Crippen LogP contribution is -2.06. The number of nitrogens with two attached hydrogens (primary N) is 1. The molecule has 0 saturated heterocycles. The van der Waals surface area contributed by atoms with Gasteiger partial charge in [0.2, 0.25) is 0 Å². The van der Waals surface area contributed by atoms with Gasteiger partial charge in [0, 0.05) is 6.54 Å². The number of nitrogens with zero attached hydrogens (tertiary/aromatic N) is 1. The van der Waals surface area contributed by atoms with Crippen molar-refractivity contribution in [2.75, 3.05) is 13.7 Å². The van der Waals surface area contributed by atoms with E-state index in [9.17, 15) is 0 Å². The molecule has 2 rings (SSSR count). The Labute approximate surface area is 107 Å². The van der Waals surface area contributed by atoms with Crippen molar-refractivity contribution in [3.8, 4) is 5.75 Å². The molecule has 2 N–H and O–H groups in total. The van der Waals surface area contributed by atoms with Gasteiger partial charge in [-0.3, -0.25) is 4.99 Å². The minimum atomic E-state index is 0.632. The van der Waals surface area contributed by atoms with E-state index < -0.39 is 0 Å². The maximum absolute atomic E-state index is 5.54. The second-order valence-corrected chi connectivity index (χ2v) is 4.28. The highest BCUT2D eigenvalue weighted by molar-refractivity contribution is 5.87. The Morgan fingerprint density at radius 3 is 2.83 bits per heavy atom. The van der Waals surface area contributed by atoms with Crippen molar-refractivity contribution in [2.45, 2.75) is 13.3 Å². The first-order chi connectivity index (χ1) is 8.70. The molecule has 2 aromatic carbocycles. The van der Waals surface area contributed by atoms with Crippen LogP contribution in [0.15, 0.2) is 41.4 Å². The van der Waals surface area contributed by atoms with Gasteiger partial charge in [-0.15, -0.1) is 0 Å². The Morgan fingerprint density at radius 2 is 2.11 bits per heavy atom. The van der Waals surface area contributed by atoms with Crippen molar-refractivity contribution in [3.63, 3.8) is 0 Å². The normalized spacial score (nSPS) is 11.8. The van der Waals surface area contributed by atoms with E-state index in [2.05, 4.69) is 35.3 Å². The highest BCUT2D eigenvalue weighted by Gasteiger charge is 2.02. The molecule has 3 nitrogen and oxygen atoms in total. The molecule has 0 aliphatic carbocycles. The fourth-order valence-corrected chi connectivity index (χ4v) is 2.01. The van der Waals surface area contributed by atoms with Crippen molar-refractivity contribution >= 4 is 16.6 Å². The molecule has 0 atom stereocenters. The van der Waals surface area contributed by atoms with Gasteiger partial charge in [0.05, 0.1) is 12.9 Å². The summed E-state index contributed by atoms with van der Waals surface area (Å²) in [5.74, 6) is 1.52. The summed E-state index contributed by atoms with van der Waals surface area (Å²) < 4.78 is 5.27. The zero-order chi connectivity index (χ0) is 13.0. The Morgan fingerprint density at radius 1 is 1.28 bits per heavy atom. The third-order valence-corrected chi connectivity index (χ3v) is 2.92. The van der Waals surface area contributed by atoms with Gasteiger partial charge < -0.3 is 10.5 Å². The number of fused-ring (bicyclic) bond motifs is 1. The van der Waals surface area contributed by atoms with Crippen LogP contribution >= 0.6 is 0 Å². The quantitative estimate of drug-likeness (QED) is 0.662. The number of ether oxygens (including phenoxy) is 1. The van der Waals surface area contributed by atoms with Crippen LogP contribution in [0.1, 0.15) is 12.5 Å². The molecular weight excluding hydrogens is 224 g/mol. The van der Waals surface area contributed by atoms with Gasteiger partial charge in [-0.2, -0.15) is 0 Å². The molecule has 3 heteroatoms. The number of rotatable bonds is 4. The molecule has 0 fully saturated rings. The largest absolute Gasteiger partial charge is 0.497 e. The van der Waals surface area contributed by atoms with Crippen molar-refractivity contribution in [3.05, 3.63) is 42.0 Å². The van der Waals surface area contributed by atoms with Gasteiger partial charge in [-0.1, -0.05) is 24.3 Å². The minimum absolute atomic E-state index is 0.632. The molecule has 2 aromatic rings. The predicted octanol–water partition coefficient (Wildman–Crippen LogP) is 2.77. The third-order valence-electron chi connectivity index (χ3n) is 2.92. The molecule has 0 bridgehead atoms. The lowest BCUT2D eigenvalue weighted by Gasteiger charge is -2.07. The topological polar surface area (TPSA) is 47.6 Å². The summed E-state index contributed by atoms with van der Waals surface area (Å²) in [4.78, 5) is 4.23. The first-order valence-electron chi connectivity index (χ1n) is 6.03. The lowest BCUT2D eigenvalue weighted by atomic mass is 10.0. The van der Waals surface area contributed by atoms with E-state index in [1.54, 1.807) is 7.11 Å². The molecule has 0 amide bonds. The third kappa shape index (κ3) is 2.80. The number of benzene rings is 2. The van der Waals surface area contributed by atoms with E-state index in [4.69, 9.17) is 10.5 Å². The summed E-state index contributed by atoms with van der Waals surface area (Å²) in [7, 11) is 1.69. The van der Waals surface area contributed by atoms with Crippen LogP contribution in [0.3, 0.4) is 0 Å². The van der Waals surface area contributed by atoms with E-state index in [0.29, 0.717) is 5.84 Å². The molecule has 0 aliphatic rings. The van der Waals surface area contributed by atoms with Gasteiger partial charge in [0.25, 0.3) is 0 Å². The van der Waals surface area contributed by atoms with E-state index >= 15 is 0 Å². The fourth-order valence-electron chi connectivity index (χ4n) is 2.01. The molecule has 18 heavy (non-hydrogen) atoms. The van der Waals surface area contributed by atoms with Crippen LogP contribution < -0.4 is 10.5 Å². The number of amidine groups is 1.